The van der Waals surface area contributed by atoms with E-state index in [0.29, 0.717) is 19.7 Å². The quantitative estimate of drug-likeness (QED) is 0.463. The van der Waals surface area contributed by atoms with Crippen molar-refractivity contribution in [2.24, 2.45) is 5.92 Å². The van der Waals surface area contributed by atoms with E-state index in [2.05, 4.69) is 16.0 Å². The van der Waals surface area contributed by atoms with Crippen LogP contribution in [0, 0.1) is 5.92 Å². The molecule has 1 saturated heterocycles. The number of morpholine rings is 1. The first kappa shape index (κ1) is 16.4. The Bertz CT molecular complexity index is 366. The summed E-state index contributed by atoms with van der Waals surface area (Å²) in [7, 11) is 0. The number of hydrogen-bond donors (Lipinski definition) is 4. The van der Waals surface area contributed by atoms with Crippen LogP contribution >= 0.6 is 0 Å². The molecule has 1 aliphatic rings. The third-order valence-electron chi connectivity index (χ3n) is 2.89. The van der Waals surface area contributed by atoms with E-state index in [0.717, 1.165) is 0 Å². The molecule has 0 spiro atoms. The average Bonchev–Trinajstić information content (AvgIpc) is 2.42. The van der Waals surface area contributed by atoms with Gasteiger partial charge in [0.25, 0.3) is 5.91 Å². The number of rotatable bonds is 6. The van der Waals surface area contributed by atoms with Gasteiger partial charge in [-0.2, -0.15) is 0 Å². The summed E-state index contributed by atoms with van der Waals surface area (Å²) in [6.45, 7) is 4.66. The molecule has 2 amide bonds. The smallest absolute Gasteiger partial charge is 0.326 e. The Balaban J connectivity index is 2.34. The SMILES string of the molecule is CC(C)[C@H](NC(=O)CNC(=O)C1CNCCO1)C(=O)O. The molecule has 0 aromatic carbocycles. The summed E-state index contributed by atoms with van der Waals surface area (Å²) in [5, 5.41) is 16.7. The minimum atomic E-state index is -1.10. The van der Waals surface area contributed by atoms with Gasteiger partial charge in [0.05, 0.1) is 13.2 Å². The molecule has 0 aromatic rings. The molecule has 8 nitrogen and oxygen atoms in total. The molecular formula is C12H21N3O5. The second kappa shape index (κ2) is 7.81. The van der Waals surface area contributed by atoms with E-state index in [4.69, 9.17) is 9.84 Å². The molecule has 1 heterocycles. The van der Waals surface area contributed by atoms with E-state index in [1.54, 1.807) is 13.8 Å². The zero-order valence-corrected chi connectivity index (χ0v) is 11.6. The highest BCUT2D eigenvalue weighted by molar-refractivity contribution is 5.89. The van der Waals surface area contributed by atoms with Gasteiger partial charge in [-0.15, -0.1) is 0 Å². The van der Waals surface area contributed by atoms with Crippen LogP contribution in [0.15, 0.2) is 0 Å². The van der Waals surface area contributed by atoms with Gasteiger partial charge in [0, 0.05) is 13.1 Å². The number of carbonyl (C=O) groups excluding carboxylic acids is 2. The van der Waals surface area contributed by atoms with Crippen molar-refractivity contribution in [2.45, 2.75) is 26.0 Å². The Kier molecular flexibility index (Phi) is 6.40. The maximum atomic E-state index is 11.7. The van der Waals surface area contributed by atoms with Crippen molar-refractivity contribution in [1.82, 2.24) is 16.0 Å². The maximum Gasteiger partial charge on any atom is 0.326 e. The molecule has 4 N–H and O–H groups in total. The zero-order chi connectivity index (χ0) is 15.1. The van der Waals surface area contributed by atoms with Crippen molar-refractivity contribution in [3.63, 3.8) is 0 Å². The predicted octanol–water partition coefficient (Wildman–Crippen LogP) is -1.68. The molecule has 114 valence electrons. The lowest BCUT2D eigenvalue weighted by Gasteiger charge is -2.23. The molecule has 20 heavy (non-hydrogen) atoms. The van der Waals surface area contributed by atoms with E-state index < -0.39 is 24.0 Å². The Labute approximate surface area is 117 Å². The van der Waals surface area contributed by atoms with Crippen molar-refractivity contribution >= 4 is 17.8 Å². The minimum Gasteiger partial charge on any atom is -0.480 e. The second-order valence-corrected chi connectivity index (χ2v) is 4.91. The van der Waals surface area contributed by atoms with Crippen molar-refractivity contribution in [3.05, 3.63) is 0 Å². The summed E-state index contributed by atoms with van der Waals surface area (Å²) < 4.78 is 5.23. The molecule has 0 aromatic heterocycles. The first-order valence-corrected chi connectivity index (χ1v) is 6.54. The van der Waals surface area contributed by atoms with Gasteiger partial charge in [0.2, 0.25) is 5.91 Å². The van der Waals surface area contributed by atoms with Crippen molar-refractivity contribution in [3.8, 4) is 0 Å². The van der Waals surface area contributed by atoms with Gasteiger partial charge in [-0.1, -0.05) is 13.8 Å². The fourth-order valence-corrected chi connectivity index (χ4v) is 1.75. The zero-order valence-electron chi connectivity index (χ0n) is 11.6. The number of amides is 2. The number of hydrogen-bond acceptors (Lipinski definition) is 5. The van der Waals surface area contributed by atoms with Gasteiger partial charge < -0.3 is 25.8 Å². The van der Waals surface area contributed by atoms with Crippen LogP contribution in [0.5, 0.6) is 0 Å². The van der Waals surface area contributed by atoms with Crippen molar-refractivity contribution in [2.75, 3.05) is 26.2 Å². The van der Waals surface area contributed by atoms with Gasteiger partial charge in [0.1, 0.15) is 12.1 Å². The van der Waals surface area contributed by atoms with Crippen LogP contribution < -0.4 is 16.0 Å². The lowest BCUT2D eigenvalue weighted by molar-refractivity contribution is -0.143. The molecule has 8 heteroatoms. The normalized spacial score (nSPS) is 20.2. The number of aliphatic carboxylic acids is 1. The molecule has 0 saturated carbocycles. The molecule has 1 unspecified atom stereocenters. The van der Waals surface area contributed by atoms with Gasteiger partial charge >= 0.3 is 5.97 Å². The number of carbonyl (C=O) groups is 3. The predicted molar refractivity (Wildman–Crippen MR) is 70.0 cm³/mol. The van der Waals surface area contributed by atoms with E-state index in [-0.39, 0.29) is 18.4 Å². The second-order valence-electron chi connectivity index (χ2n) is 4.91. The average molecular weight is 287 g/mol. The topological polar surface area (TPSA) is 117 Å². The van der Waals surface area contributed by atoms with Crippen LogP contribution in [0.2, 0.25) is 0 Å². The molecule has 2 atom stereocenters. The summed E-state index contributed by atoms with van der Waals surface area (Å²) in [5.74, 6) is -2.26. The summed E-state index contributed by atoms with van der Waals surface area (Å²) in [6, 6.07) is -0.966. The highest BCUT2D eigenvalue weighted by Gasteiger charge is 2.25. The standard InChI is InChI=1S/C12H21N3O5/c1-7(2)10(12(18)19)15-9(16)6-14-11(17)8-5-13-3-4-20-8/h7-8,10,13H,3-6H2,1-2H3,(H,14,17)(H,15,16)(H,18,19)/t8?,10-/m0/s1. The van der Waals surface area contributed by atoms with Gasteiger partial charge in [-0.3, -0.25) is 9.59 Å². The summed E-state index contributed by atoms with van der Waals surface area (Å²) in [5.41, 5.74) is 0. The first-order chi connectivity index (χ1) is 9.41. The number of ether oxygens (including phenoxy) is 1. The van der Waals surface area contributed by atoms with Crippen LogP contribution in [-0.2, 0) is 19.1 Å². The fourth-order valence-electron chi connectivity index (χ4n) is 1.75. The maximum absolute atomic E-state index is 11.7. The van der Waals surface area contributed by atoms with E-state index in [9.17, 15) is 14.4 Å². The van der Waals surface area contributed by atoms with Crippen LogP contribution in [0.25, 0.3) is 0 Å². The molecule has 1 fully saturated rings. The Morgan fingerprint density at radius 1 is 1.40 bits per heavy atom. The van der Waals surface area contributed by atoms with E-state index in [1.807, 2.05) is 0 Å². The highest BCUT2D eigenvalue weighted by Crippen LogP contribution is 2.01. The Morgan fingerprint density at radius 3 is 2.60 bits per heavy atom. The number of carboxylic acid groups (broad SMARTS) is 1. The van der Waals surface area contributed by atoms with Crippen molar-refractivity contribution < 1.29 is 24.2 Å². The Morgan fingerprint density at radius 2 is 2.10 bits per heavy atom. The number of carboxylic acids is 1. The molecule has 0 bridgehead atoms. The monoisotopic (exact) mass is 287 g/mol. The van der Waals surface area contributed by atoms with Crippen LogP contribution in [0.1, 0.15) is 13.8 Å². The van der Waals surface area contributed by atoms with Crippen LogP contribution in [0.4, 0.5) is 0 Å². The number of nitrogens with one attached hydrogen (secondary N) is 3. The fraction of sp³-hybridized carbons (Fsp3) is 0.750. The van der Waals surface area contributed by atoms with Crippen molar-refractivity contribution in [1.29, 1.82) is 0 Å². The highest BCUT2D eigenvalue weighted by atomic mass is 16.5. The lowest BCUT2D eigenvalue weighted by atomic mass is 10.1. The minimum absolute atomic E-state index is 0.238. The Hall–Kier alpha value is -1.67. The van der Waals surface area contributed by atoms with Gasteiger partial charge in [-0.05, 0) is 5.92 Å². The van der Waals surface area contributed by atoms with Gasteiger partial charge in [0.15, 0.2) is 0 Å². The third-order valence-corrected chi connectivity index (χ3v) is 2.89. The molecular weight excluding hydrogens is 266 g/mol. The van der Waals surface area contributed by atoms with Gasteiger partial charge in [-0.25, -0.2) is 4.79 Å². The largest absolute Gasteiger partial charge is 0.480 e. The summed E-state index contributed by atoms with van der Waals surface area (Å²) in [6.07, 6.45) is -0.614. The van der Waals surface area contributed by atoms with Crippen LogP contribution in [0.3, 0.4) is 0 Å². The van der Waals surface area contributed by atoms with E-state index >= 15 is 0 Å². The molecule has 0 radical (unpaired) electrons. The summed E-state index contributed by atoms with van der Waals surface area (Å²) >= 11 is 0. The first-order valence-electron chi connectivity index (χ1n) is 6.54. The molecule has 1 aliphatic heterocycles. The summed E-state index contributed by atoms with van der Waals surface area (Å²) in [4.78, 5) is 34.2. The van der Waals surface area contributed by atoms with E-state index in [1.165, 1.54) is 0 Å². The lowest BCUT2D eigenvalue weighted by Crippen LogP contribution is -2.51. The third kappa shape index (κ3) is 5.14. The van der Waals surface area contributed by atoms with Crippen LogP contribution in [-0.4, -0.2) is 61.3 Å². The molecule has 0 aliphatic carbocycles. The molecule has 1 rings (SSSR count).